The molecule has 2 aromatic carbocycles. The number of rotatable bonds is 4. The van der Waals surface area contributed by atoms with Crippen LogP contribution in [0.15, 0.2) is 47.5 Å². The van der Waals surface area contributed by atoms with Gasteiger partial charge in [0.15, 0.2) is 5.17 Å². The van der Waals surface area contributed by atoms with Crippen molar-refractivity contribution < 1.29 is 9.18 Å². The maximum Gasteiger partial charge on any atom is 0.255 e. The summed E-state index contributed by atoms with van der Waals surface area (Å²) in [5.41, 5.74) is 7.85. The number of nitrogens with two attached hydrogens (primary N) is 1. The van der Waals surface area contributed by atoms with Gasteiger partial charge in [-0.05, 0) is 68.7 Å². The van der Waals surface area contributed by atoms with Crippen LogP contribution in [0.25, 0.3) is 0 Å². The Hall–Kier alpha value is -2.54. The number of aliphatic imine (C=N–C) groups is 1. The lowest BCUT2D eigenvalue weighted by atomic mass is 9.89. The van der Waals surface area contributed by atoms with Crippen LogP contribution in [-0.2, 0) is 5.54 Å². The van der Waals surface area contributed by atoms with Gasteiger partial charge in [-0.3, -0.25) is 9.79 Å². The first-order valence-electron chi connectivity index (χ1n) is 9.89. The third kappa shape index (κ3) is 4.24. The highest BCUT2D eigenvalue weighted by molar-refractivity contribution is 8.13. The van der Waals surface area contributed by atoms with Crippen LogP contribution in [0.1, 0.15) is 42.1 Å². The van der Waals surface area contributed by atoms with Crippen molar-refractivity contribution in [2.24, 2.45) is 10.7 Å². The summed E-state index contributed by atoms with van der Waals surface area (Å²) in [5, 5.41) is 3.34. The van der Waals surface area contributed by atoms with E-state index in [4.69, 9.17) is 5.73 Å². The van der Waals surface area contributed by atoms with Gasteiger partial charge in [0.05, 0.1) is 5.54 Å². The number of anilines is 2. The van der Waals surface area contributed by atoms with Crippen LogP contribution in [0.2, 0.25) is 0 Å². The van der Waals surface area contributed by atoms with E-state index in [-0.39, 0.29) is 11.7 Å². The molecule has 5 nitrogen and oxygen atoms in total. The average Bonchev–Trinajstić information content (AvgIpc) is 3.24. The highest BCUT2D eigenvalue weighted by Gasteiger charge is 2.32. The molecule has 0 aliphatic carbocycles. The Morgan fingerprint density at radius 2 is 1.93 bits per heavy atom. The van der Waals surface area contributed by atoms with Gasteiger partial charge < -0.3 is 16.0 Å². The Morgan fingerprint density at radius 1 is 1.21 bits per heavy atom. The average molecular weight is 413 g/mol. The van der Waals surface area contributed by atoms with E-state index in [0.717, 1.165) is 24.5 Å². The Balaban J connectivity index is 1.52. The zero-order chi connectivity index (χ0) is 20.4. The molecular formula is C22H25FN4OS. The summed E-state index contributed by atoms with van der Waals surface area (Å²) in [6.45, 7) is 4.00. The van der Waals surface area contributed by atoms with Crippen molar-refractivity contribution in [3.8, 4) is 0 Å². The van der Waals surface area contributed by atoms with Crippen molar-refractivity contribution in [1.29, 1.82) is 0 Å². The summed E-state index contributed by atoms with van der Waals surface area (Å²) in [7, 11) is 0. The fourth-order valence-corrected chi connectivity index (χ4v) is 4.87. The van der Waals surface area contributed by atoms with Crippen LogP contribution in [0.5, 0.6) is 0 Å². The molecule has 4 rings (SSSR count). The number of carbonyl (C=O) groups is 1. The van der Waals surface area contributed by atoms with E-state index in [1.807, 2.05) is 31.2 Å². The van der Waals surface area contributed by atoms with E-state index in [1.165, 1.54) is 30.7 Å². The van der Waals surface area contributed by atoms with Crippen molar-refractivity contribution in [2.45, 2.75) is 31.7 Å². The zero-order valence-electron chi connectivity index (χ0n) is 16.5. The van der Waals surface area contributed by atoms with E-state index in [9.17, 15) is 9.18 Å². The van der Waals surface area contributed by atoms with Crippen LogP contribution in [0, 0.1) is 5.82 Å². The monoisotopic (exact) mass is 412 g/mol. The first-order valence-corrected chi connectivity index (χ1v) is 10.9. The van der Waals surface area contributed by atoms with E-state index >= 15 is 0 Å². The molecule has 0 bridgehead atoms. The number of carbonyl (C=O) groups excluding carboxylic acids is 1. The summed E-state index contributed by atoms with van der Waals surface area (Å²) in [6.07, 6.45) is 3.11. The fraction of sp³-hybridized carbons (Fsp3) is 0.364. The van der Waals surface area contributed by atoms with Gasteiger partial charge >= 0.3 is 0 Å². The number of hydrogen-bond acceptors (Lipinski definition) is 5. The molecule has 2 aromatic rings. The summed E-state index contributed by atoms with van der Waals surface area (Å²) in [6, 6.07) is 12.2. The second kappa shape index (κ2) is 8.06. The Morgan fingerprint density at radius 3 is 2.62 bits per heavy atom. The highest BCUT2D eigenvalue weighted by atomic mass is 32.2. The minimum absolute atomic E-state index is 0.220. The zero-order valence-corrected chi connectivity index (χ0v) is 17.3. The number of halogens is 1. The van der Waals surface area contributed by atoms with Gasteiger partial charge in [-0.25, -0.2) is 4.39 Å². The molecule has 1 saturated heterocycles. The molecule has 0 spiro atoms. The molecular weight excluding hydrogens is 387 g/mol. The number of amidine groups is 1. The molecule has 0 saturated carbocycles. The van der Waals surface area contributed by atoms with Gasteiger partial charge in [-0.2, -0.15) is 0 Å². The third-order valence-electron chi connectivity index (χ3n) is 5.60. The topological polar surface area (TPSA) is 70.7 Å². The maximum absolute atomic E-state index is 14.5. The molecule has 1 fully saturated rings. The third-order valence-corrected chi connectivity index (χ3v) is 6.40. The van der Waals surface area contributed by atoms with Crippen LogP contribution >= 0.6 is 11.8 Å². The lowest BCUT2D eigenvalue weighted by Gasteiger charge is -2.30. The first-order chi connectivity index (χ1) is 13.9. The molecule has 152 valence electrons. The number of hydrogen-bond donors (Lipinski definition) is 2. The van der Waals surface area contributed by atoms with Crippen LogP contribution < -0.4 is 16.0 Å². The SMILES string of the molecule is CC1(c2cc(NC(=O)c3ccc(N4CCCC4)cc3)ccc2F)CCSC(N)=N1. The molecule has 7 heteroatoms. The Labute approximate surface area is 174 Å². The second-order valence-electron chi connectivity index (χ2n) is 7.71. The Kier molecular flexibility index (Phi) is 5.50. The van der Waals surface area contributed by atoms with E-state index in [1.54, 1.807) is 12.1 Å². The summed E-state index contributed by atoms with van der Waals surface area (Å²) in [4.78, 5) is 19.5. The summed E-state index contributed by atoms with van der Waals surface area (Å²) in [5.74, 6) is 0.220. The van der Waals surface area contributed by atoms with Gasteiger partial charge in [-0.15, -0.1) is 0 Å². The minimum atomic E-state index is -0.725. The minimum Gasteiger partial charge on any atom is -0.379 e. The van der Waals surface area contributed by atoms with Gasteiger partial charge in [0.1, 0.15) is 5.82 Å². The lowest BCUT2D eigenvalue weighted by molar-refractivity contribution is 0.102. The van der Waals surface area contributed by atoms with Crippen molar-refractivity contribution in [3.05, 3.63) is 59.4 Å². The number of nitrogens with zero attached hydrogens (tertiary/aromatic N) is 2. The molecule has 1 atom stereocenters. The first kappa shape index (κ1) is 19.8. The van der Waals surface area contributed by atoms with Gasteiger partial charge in [0.2, 0.25) is 0 Å². The number of benzene rings is 2. The van der Waals surface area contributed by atoms with Crippen LogP contribution in [-0.4, -0.2) is 29.9 Å². The number of thioether (sulfide) groups is 1. The molecule has 0 aromatic heterocycles. The highest BCUT2D eigenvalue weighted by Crippen LogP contribution is 2.37. The van der Waals surface area contributed by atoms with E-state index in [2.05, 4.69) is 15.2 Å². The van der Waals surface area contributed by atoms with Crippen molar-refractivity contribution in [2.75, 3.05) is 29.1 Å². The molecule has 2 aliphatic rings. The number of nitrogens with one attached hydrogen (secondary N) is 1. The molecule has 3 N–H and O–H groups in total. The van der Waals surface area contributed by atoms with E-state index in [0.29, 0.717) is 28.4 Å². The summed E-state index contributed by atoms with van der Waals surface area (Å²) >= 11 is 1.48. The molecule has 0 radical (unpaired) electrons. The molecule has 2 heterocycles. The molecule has 29 heavy (non-hydrogen) atoms. The van der Waals surface area contributed by atoms with Gasteiger partial charge in [-0.1, -0.05) is 11.8 Å². The summed E-state index contributed by atoms with van der Waals surface area (Å²) < 4.78 is 14.5. The molecule has 1 unspecified atom stereocenters. The lowest BCUT2D eigenvalue weighted by Crippen LogP contribution is -2.29. The van der Waals surface area contributed by atoms with Crippen molar-refractivity contribution in [1.82, 2.24) is 0 Å². The normalized spacial score (nSPS) is 21.7. The number of amides is 1. The predicted octanol–water partition coefficient (Wildman–Crippen LogP) is 4.35. The van der Waals surface area contributed by atoms with Crippen LogP contribution in [0.4, 0.5) is 15.8 Å². The smallest absolute Gasteiger partial charge is 0.255 e. The molecule has 2 aliphatic heterocycles. The van der Waals surface area contributed by atoms with Crippen molar-refractivity contribution >= 4 is 34.2 Å². The van der Waals surface area contributed by atoms with Crippen LogP contribution in [0.3, 0.4) is 0 Å². The van der Waals surface area contributed by atoms with Gasteiger partial charge in [0.25, 0.3) is 5.91 Å². The maximum atomic E-state index is 14.5. The second-order valence-corrected chi connectivity index (χ2v) is 8.83. The standard InChI is InChI=1S/C22H25FN4OS/c1-22(10-13-29-21(24)26-22)18-14-16(6-9-19(18)23)25-20(28)15-4-7-17(8-5-15)27-11-2-3-12-27/h4-9,14H,2-3,10-13H2,1H3,(H2,24,26)(H,25,28). The quantitative estimate of drug-likeness (QED) is 0.783. The fourth-order valence-electron chi connectivity index (χ4n) is 3.90. The largest absolute Gasteiger partial charge is 0.379 e. The Bertz CT molecular complexity index is 940. The van der Waals surface area contributed by atoms with Gasteiger partial charge in [0, 0.05) is 41.3 Å². The van der Waals surface area contributed by atoms with E-state index < -0.39 is 5.54 Å². The van der Waals surface area contributed by atoms with Crippen molar-refractivity contribution in [3.63, 3.8) is 0 Å². The molecule has 1 amide bonds. The predicted molar refractivity (Wildman–Crippen MR) is 118 cm³/mol.